The van der Waals surface area contributed by atoms with Gasteiger partial charge < -0.3 is 10.4 Å². The number of carbonyl (C=O) groups is 1. The lowest BCUT2D eigenvalue weighted by molar-refractivity contribution is -0.387. The van der Waals surface area contributed by atoms with Crippen molar-refractivity contribution in [3.8, 4) is 0 Å². The molecule has 1 aromatic rings. The third kappa shape index (κ3) is 4.22. The Balaban J connectivity index is 3.10. The Labute approximate surface area is 115 Å². The van der Waals surface area contributed by atoms with Crippen molar-refractivity contribution in [2.24, 2.45) is 0 Å². The molecule has 0 radical (unpaired) electrons. The summed E-state index contributed by atoms with van der Waals surface area (Å²) in [5.41, 5.74) is 0.318. The van der Waals surface area contributed by atoms with E-state index in [0.717, 1.165) is 0 Å². The smallest absolute Gasteiger partial charge is 0.282 e. The molecule has 0 saturated carbocycles. The zero-order valence-corrected chi connectivity index (χ0v) is 11.6. The van der Waals surface area contributed by atoms with Gasteiger partial charge in [0.2, 0.25) is 0 Å². The zero-order valence-electron chi connectivity index (χ0n) is 10.8. The number of amides is 1. The Kier molecular flexibility index (Phi) is 5.78. The van der Waals surface area contributed by atoms with Crippen LogP contribution >= 0.6 is 11.8 Å². The average Bonchev–Trinajstić information content (AvgIpc) is 2.38. The monoisotopic (exact) mass is 284 g/mol. The summed E-state index contributed by atoms with van der Waals surface area (Å²) in [6.07, 6.45) is 0. The molecule has 6 nitrogen and oxygen atoms in total. The third-order valence-electron chi connectivity index (χ3n) is 2.34. The van der Waals surface area contributed by atoms with Crippen molar-refractivity contribution >= 4 is 23.4 Å². The van der Waals surface area contributed by atoms with Crippen LogP contribution in [0.2, 0.25) is 0 Å². The lowest BCUT2D eigenvalue weighted by atomic mass is 10.2. The molecule has 7 heteroatoms. The summed E-state index contributed by atoms with van der Waals surface area (Å²) in [4.78, 5) is 22.5. The van der Waals surface area contributed by atoms with Crippen LogP contribution in [0.4, 0.5) is 5.69 Å². The van der Waals surface area contributed by atoms with Crippen molar-refractivity contribution in [1.29, 1.82) is 0 Å². The summed E-state index contributed by atoms with van der Waals surface area (Å²) in [6.45, 7) is 3.96. The molecule has 0 aliphatic carbocycles. The third-order valence-corrected chi connectivity index (χ3v) is 3.47. The maximum absolute atomic E-state index is 11.7. The Morgan fingerprint density at radius 1 is 1.58 bits per heavy atom. The minimum atomic E-state index is -0.492. The van der Waals surface area contributed by atoms with E-state index >= 15 is 0 Å². The Bertz CT molecular complexity index is 479. The van der Waals surface area contributed by atoms with E-state index in [4.69, 9.17) is 5.11 Å². The Morgan fingerprint density at radius 2 is 2.26 bits per heavy atom. The number of nitro benzene ring substituents is 1. The second kappa shape index (κ2) is 7.10. The van der Waals surface area contributed by atoms with E-state index in [1.807, 2.05) is 0 Å². The fourth-order valence-corrected chi connectivity index (χ4v) is 2.38. The molecule has 104 valence electrons. The summed E-state index contributed by atoms with van der Waals surface area (Å²) in [5, 5.41) is 22.4. The van der Waals surface area contributed by atoms with Gasteiger partial charge in [-0.25, -0.2) is 0 Å². The van der Waals surface area contributed by atoms with Crippen molar-refractivity contribution < 1.29 is 14.8 Å². The van der Waals surface area contributed by atoms with Crippen molar-refractivity contribution in [2.45, 2.75) is 24.0 Å². The molecular weight excluding hydrogens is 268 g/mol. The fourth-order valence-electron chi connectivity index (χ4n) is 1.42. The summed E-state index contributed by atoms with van der Waals surface area (Å²) in [6, 6.07) is 4.23. The van der Waals surface area contributed by atoms with E-state index in [1.54, 1.807) is 13.8 Å². The maximum atomic E-state index is 11.7. The van der Waals surface area contributed by atoms with Gasteiger partial charge in [-0.05, 0) is 19.1 Å². The second-order valence-electron chi connectivity index (χ2n) is 3.91. The highest BCUT2D eigenvalue weighted by Crippen LogP contribution is 2.32. The number of benzene rings is 1. The predicted octanol–water partition coefficient (Wildman–Crippen LogP) is 1.82. The molecule has 1 rings (SSSR count). The number of hydrogen-bond acceptors (Lipinski definition) is 5. The topological polar surface area (TPSA) is 92.5 Å². The first-order chi connectivity index (χ1) is 8.99. The van der Waals surface area contributed by atoms with E-state index in [9.17, 15) is 14.9 Å². The maximum Gasteiger partial charge on any atom is 0.282 e. The van der Waals surface area contributed by atoms with Gasteiger partial charge in [-0.2, -0.15) is 0 Å². The van der Waals surface area contributed by atoms with Crippen molar-refractivity contribution in [3.05, 3.63) is 33.9 Å². The van der Waals surface area contributed by atoms with Gasteiger partial charge in [0.25, 0.3) is 11.6 Å². The van der Waals surface area contributed by atoms with Gasteiger partial charge >= 0.3 is 0 Å². The molecule has 0 aliphatic rings. The molecular formula is C12H16N2O4S. The van der Waals surface area contributed by atoms with E-state index in [2.05, 4.69) is 5.32 Å². The van der Waals surface area contributed by atoms with Gasteiger partial charge in [0.05, 0.1) is 16.4 Å². The first-order valence-corrected chi connectivity index (χ1v) is 6.71. The Morgan fingerprint density at radius 3 is 2.79 bits per heavy atom. The Hall–Kier alpha value is -1.60. The molecule has 19 heavy (non-hydrogen) atoms. The normalized spacial score (nSPS) is 11.9. The lowest BCUT2D eigenvalue weighted by Gasteiger charge is -2.09. The molecule has 1 aromatic carbocycles. The van der Waals surface area contributed by atoms with Gasteiger partial charge in [0.1, 0.15) is 0 Å². The van der Waals surface area contributed by atoms with Crippen LogP contribution in [0.25, 0.3) is 0 Å². The minimum absolute atomic E-state index is 0.0571. The van der Waals surface area contributed by atoms with E-state index in [0.29, 0.717) is 17.0 Å². The van der Waals surface area contributed by atoms with E-state index < -0.39 is 4.92 Å². The number of rotatable bonds is 6. The predicted molar refractivity (Wildman–Crippen MR) is 73.5 cm³/mol. The van der Waals surface area contributed by atoms with Crippen LogP contribution in [-0.4, -0.2) is 34.3 Å². The average molecular weight is 284 g/mol. The summed E-state index contributed by atoms with van der Waals surface area (Å²) in [5.74, 6) is -0.268. The van der Waals surface area contributed by atoms with Crippen LogP contribution in [0.1, 0.15) is 24.2 Å². The molecule has 1 atom stereocenters. The van der Waals surface area contributed by atoms with Crippen LogP contribution in [-0.2, 0) is 0 Å². The van der Waals surface area contributed by atoms with Gasteiger partial charge in [0, 0.05) is 23.4 Å². The van der Waals surface area contributed by atoms with Crippen LogP contribution in [0.3, 0.4) is 0 Å². The van der Waals surface area contributed by atoms with Crippen molar-refractivity contribution in [3.63, 3.8) is 0 Å². The number of aliphatic hydroxyl groups excluding tert-OH is 1. The quantitative estimate of drug-likeness (QED) is 0.472. The van der Waals surface area contributed by atoms with E-state index in [1.165, 1.54) is 30.0 Å². The highest BCUT2D eigenvalue weighted by atomic mass is 32.2. The lowest BCUT2D eigenvalue weighted by Crippen LogP contribution is -2.22. The number of thioether (sulfide) groups is 1. The van der Waals surface area contributed by atoms with Gasteiger partial charge in [0.15, 0.2) is 0 Å². The minimum Gasteiger partial charge on any atom is -0.395 e. The van der Waals surface area contributed by atoms with Crippen LogP contribution in [0.15, 0.2) is 23.1 Å². The fraction of sp³-hybridized carbons (Fsp3) is 0.417. The van der Waals surface area contributed by atoms with Crippen molar-refractivity contribution in [1.82, 2.24) is 5.32 Å². The highest BCUT2D eigenvalue weighted by Gasteiger charge is 2.18. The van der Waals surface area contributed by atoms with Gasteiger partial charge in [-0.15, -0.1) is 11.8 Å². The highest BCUT2D eigenvalue weighted by molar-refractivity contribution is 8.00. The molecule has 0 aromatic heterocycles. The molecule has 0 spiro atoms. The molecule has 0 heterocycles. The second-order valence-corrected chi connectivity index (χ2v) is 5.39. The van der Waals surface area contributed by atoms with Crippen molar-refractivity contribution in [2.75, 3.05) is 13.2 Å². The van der Waals surface area contributed by atoms with Gasteiger partial charge in [-0.1, -0.05) is 6.92 Å². The van der Waals surface area contributed by atoms with Crippen LogP contribution in [0, 0.1) is 10.1 Å². The zero-order chi connectivity index (χ0) is 14.4. The van der Waals surface area contributed by atoms with Gasteiger partial charge in [-0.3, -0.25) is 14.9 Å². The first-order valence-electron chi connectivity index (χ1n) is 5.83. The summed E-state index contributed by atoms with van der Waals surface area (Å²) >= 11 is 1.18. The first kappa shape index (κ1) is 15.5. The standard InChI is InChI=1S/C12H16N2O4S/c1-3-13-12(16)9-4-5-10(14(17)18)11(6-9)19-8(2)7-15/h4-6,8,15H,3,7H2,1-2H3,(H,13,16). The number of hydrogen-bond donors (Lipinski definition) is 2. The largest absolute Gasteiger partial charge is 0.395 e. The molecule has 1 unspecified atom stereocenters. The van der Waals surface area contributed by atoms with E-state index in [-0.39, 0.29) is 23.5 Å². The SMILES string of the molecule is CCNC(=O)c1ccc([N+](=O)[O-])c(SC(C)CO)c1. The number of nitrogens with one attached hydrogen (secondary N) is 1. The summed E-state index contributed by atoms with van der Waals surface area (Å²) in [7, 11) is 0. The molecule has 0 fully saturated rings. The number of carbonyl (C=O) groups excluding carboxylic acids is 1. The molecule has 0 bridgehead atoms. The number of nitrogens with zero attached hydrogens (tertiary/aromatic N) is 1. The molecule has 2 N–H and O–H groups in total. The number of aliphatic hydroxyl groups is 1. The van der Waals surface area contributed by atoms with Crippen LogP contribution < -0.4 is 5.32 Å². The summed E-state index contributed by atoms with van der Waals surface area (Å²) < 4.78 is 0. The molecule has 1 amide bonds. The number of nitro groups is 1. The van der Waals surface area contributed by atoms with Crippen LogP contribution in [0.5, 0.6) is 0 Å². The molecule has 0 saturated heterocycles. The molecule has 0 aliphatic heterocycles.